The molecule has 1 aromatic rings. The highest BCUT2D eigenvalue weighted by Crippen LogP contribution is 2.22. The normalized spacial score (nSPS) is 17.8. The number of nitrogens with zero attached hydrogens (tertiary/aromatic N) is 1. The summed E-state index contributed by atoms with van der Waals surface area (Å²) in [6.07, 6.45) is 1.20. The maximum atomic E-state index is 12.5. The van der Waals surface area contributed by atoms with Crippen molar-refractivity contribution in [3.05, 3.63) is 28.5 Å². The van der Waals surface area contributed by atoms with Gasteiger partial charge in [0.05, 0.1) is 12.1 Å². The lowest BCUT2D eigenvalue weighted by Gasteiger charge is -2.36. The fourth-order valence-electron chi connectivity index (χ4n) is 2.34. The van der Waals surface area contributed by atoms with E-state index in [0.29, 0.717) is 36.8 Å². The minimum atomic E-state index is -0.608. The van der Waals surface area contributed by atoms with Crippen molar-refractivity contribution in [3.63, 3.8) is 0 Å². The highest BCUT2D eigenvalue weighted by atomic mass is 35.5. The number of carbonyl (C=O) groups is 1. The maximum Gasteiger partial charge on any atom is 0.251 e. The molecule has 0 radical (unpaired) electrons. The van der Waals surface area contributed by atoms with Crippen molar-refractivity contribution in [3.8, 4) is 0 Å². The molecule has 116 valence electrons. The van der Waals surface area contributed by atoms with E-state index in [1.54, 1.807) is 12.1 Å². The number of hydrogen-bond acceptors (Lipinski definition) is 4. The first kappa shape index (κ1) is 16.2. The molecule has 0 unspecified atom stereocenters. The molecule has 1 aliphatic rings. The van der Waals surface area contributed by atoms with E-state index >= 15 is 0 Å². The molecule has 1 aliphatic heterocycles. The number of hydrogen-bond donors (Lipinski definition) is 2. The molecule has 1 saturated heterocycles. The predicted molar refractivity (Wildman–Crippen MR) is 80.7 cm³/mol. The molecule has 0 aromatic carbocycles. The van der Waals surface area contributed by atoms with Crippen LogP contribution < -0.4 is 5.32 Å². The Bertz CT molecular complexity index is 514. The third-order valence-electron chi connectivity index (χ3n) is 3.80. The summed E-state index contributed by atoms with van der Waals surface area (Å²) in [4.78, 5) is 16.7. The number of carbonyl (C=O) groups excluding carboxylic acids is 1. The van der Waals surface area contributed by atoms with Crippen molar-refractivity contribution in [1.29, 1.82) is 0 Å². The first-order chi connectivity index (χ1) is 9.96. The summed E-state index contributed by atoms with van der Waals surface area (Å²) in [5.41, 5.74) is 0.638. The second kappa shape index (κ2) is 6.73. The van der Waals surface area contributed by atoms with Crippen LogP contribution in [0.5, 0.6) is 0 Å². The number of amides is 1. The second-order valence-electron chi connectivity index (χ2n) is 5.76. The molecule has 21 heavy (non-hydrogen) atoms. The monoisotopic (exact) mass is 312 g/mol. The molecule has 2 heterocycles. The summed E-state index contributed by atoms with van der Waals surface area (Å²) >= 11 is 5.99. The van der Waals surface area contributed by atoms with E-state index < -0.39 is 5.54 Å². The number of aliphatic hydroxyl groups is 1. The SMILES string of the molecule is CC(C)c1cc(C(=O)NC2(CO)CCOCC2)cc(Cl)n1. The van der Waals surface area contributed by atoms with Crippen LogP contribution in [0.3, 0.4) is 0 Å². The van der Waals surface area contributed by atoms with Gasteiger partial charge in [-0.25, -0.2) is 4.98 Å². The van der Waals surface area contributed by atoms with E-state index in [1.807, 2.05) is 13.8 Å². The summed E-state index contributed by atoms with van der Waals surface area (Å²) < 4.78 is 5.29. The number of rotatable bonds is 4. The van der Waals surface area contributed by atoms with Crippen LogP contribution in [0.15, 0.2) is 12.1 Å². The van der Waals surface area contributed by atoms with E-state index in [2.05, 4.69) is 10.3 Å². The van der Waals surface area contributed by atoms with E-state index in [1.165, 1.54) is 0 Å². The van der Waals surface area contributed by atoms with Crippen molar-refractivity contribution < 1.29 is 14.6 Å². The molecule has 6 heteroatoms. The van der Waals surface area contributed by atoms with Gasteiger partial charge in [-0.2, -0.15) is 0 Å². The van der Waals surface area contributed by atoms with Gasteiger partial charge < -0.3 is 15.2 Å². The van der Waals surface area contributed by atoms with Crippen LogP contribution in [0, 0.1) is 0 Å². The zero-order valence-electron chi connectivity index (χ0n) is 12.4. The van der Waals surface area contributed by atoms with E-state index in [9.17, 15) is 9.90 Å². The molecule has 0 saturated carbocycles. The molecule has 0 spiro atoms. The van der Waals surface area contributed by atoms with Crippen molar-refractivity contribution >= 4 is 17.5 Å². The van der Waals surface area contributed by atoms with Gasteiger partial charge in [-0.05, 0) is 30.9 Å². The fourth-order valence-corrected chi connectivity index (χ4v) is 2.56. The first-order valence-corrected chi connectivity index (χ1v) is 7.52. The quantitative estimate of drug-likeness (QED) is 0.836. The first-order valence-electron chi connectivity index (χ1n) is 7.14. The lowest BCUT2D eigenvalue weighted by Crippen LogP contribution is -2.54. The van der Waals surface area contributed by atoms with Crippen LogP contribution in [-0.4, -0.2) is 41.4 Å². The van der Waals surface area contributed by atoms with Crippen LogP contribution in [0.25, 0.3) is 0 Å². The van der Waals surface area contributed by atoms with Gasteiger partial charge in [0.15, 0.2) is 0 Å². The smallest absolute Gasteiger partial charge is 0.251 e. The van der Waals surface area contributed by atoms with Gasteiger partial charge in [-0.1, -0.05) is 25.4 Å². The number of aliphatic hydroxyl groups excluding tert-OH is 1. The molecule has 2 N–H and O–H groups in total. The van der Waals surface area contributed by atoms with Crippen molar-refractivity contribution in [2.75, 3.05) is 19.8 Å². The molecule has 0 bridgehead atoms. The van der Waals surface area contributed by atoms with Crippen LogP contribution >= 0.6 is 11.6 Å². The Labute approximate surface area is 129 Å². The highest BCUT2D eigenvalue weighted by Gasteiger charge is 2.33. The number of ether oxygens (including phenoxy) is 1. The van der Waals surface area contributed by atoms with Crippen molar-refractivity contribution in [1.82, 2.24) is 10.3 Å². The molecule has 0 atom stereocenters. The Morgan fingerprint density at radius 2 is 2.14 bits per heavy atom. The lowest BCUT2D eigenvalue weighted by molar-refractivity contribution is 0.0125. The van der Waals surface area contributed by atoms with Gasteiger partial charge in [-0.3, -0.25) is 4.79 Å². The number of nitrogens with one attached hydrogen (secondary N) is 1. The number of pyridine rings is 1. The standard InChI is InChI=1S/C15H21ClN2O3/c1-10(2)12-7-11(8-13(16)17-12)14(20)18-15(9-19)3-5-21-6-4-15/h7-8,10,19H,3-6,9H2,1-2H3,(H,18,20). The predicted octanol–water partition coefficient (Wildman–Crippen LogP) is 2.13. The van der Waals surface area contributed by atoms with Crippen LogP contribution in [0.4, 0.5) is 0 Å². The summed E-state index contributed by atoms with van der Waals surface area (Å²) in [5, 5.41) is 12.9. The van der Waals surface area contributed by atoms with Gasteiger partial charge in [0.25, 0.3) is 5.91 Å². The maximum absolute atomic E-state index is 12.5. The van der Waals surface area contributed by atoms with Gasteiger partial charge in [0, 0.05) is 24.5 Å². The minimum Gasteiger partial charge on any atom is -0.394 e. The molecular weight excluding hydrogens is 292 g/mol. The Morgan fingerprint density at radius 3 is 2.71 bits per heavy atom. The number of halogens is 1. The minimum absolute atomic E-state index is 0.0993. The van der Waals surface area contributed by atoms with Crippen molar-refractivity contribution in [2.24, 2.45) is 0 Å². The van der Waals surface area contributed by atoms with Crippen molar-refractivity contribution in [2.45, 2.75) is 38.1 Å². The highest BCUT2D eigenvalue weighted by molar-refractivity contribution is 6.29. The van der Waals surface area contributed by atoms with Gasteiger partial charge >= 0.3 is 0 Å². The molecule has 1 aromatic heterocycles. The van der Waals surface area contributed by atoms with Gasteiger partial charge in [-0.15, -0.1) is 0 Å². The second-order valence-corrected chi connectivity index (χ2v) is 6.15. The Kier molecular flexibility index (Phi) is 5.19. The molecule has 1 fully saturated rings. The summed E-state index contributed by atoms with van der Waals surface area (Å²) in [6, 6.07) is 3.30. The van der Waals surface area contributed by atoms with Crippen LogP contribution in [-0.2, 0) is 4.74 Å². The molecule has 1 amide bonds. The average Bonchev–Trinajstić information content (AvgIpc) is 2.47. The average molecular weight is 313 g/mol. The summed E-state index contributed by atoms with van der Waals surface area (Å²) in [6.45, 7) is 4.96. The largest absolute Gasteiger partial charge is 0.394 e. The third-order valence-corrected chi connectivity index (χ3v) is 3.99. The van der Waals surface area contributed by atoms with Crippen LogP contribution in [0.1, 0.15) is 48.7 Å². The van der Waals surface area contributed by atoms with Gasteiger partial charge in [0.2, 0.25) is 0 Å². The lowest BCUT2D eigenvalue weighted by atomic mass is 9.90. The summed E-state index contributed by atoms with van der Waals surface area (Å²) in [7, 11) is 0. The van der Waals surface area contributed by atoms with Crippen LogP contribution in [0.2, 0.25) is 5.15 Å². The van der Waals surface area contributed by atoms with Gasteiger partial charge in [0.1, 0.15) is 5.15 Å². The summed E-state index contributed by atoms with van der Waals surface area (Å²) in [5.74, 6) is -0.0534. The topological polar surface area (TPSA) is 71.5 Å². The fraction of sp³-hybridized carbons (Fsp3) is 0.600. The zero-order valence-corrected chi connectivity index (χ0v) is 13.1. The Balaban J connectivity index is 2.19. The zero-order chi connectivity index (χ0) is 15.5. The Morgan fingerprint density at radius 1 is 1.48 bits per heavy atom. The number of aromatic nitrogens is 1. The van der Waals surface area contributed by atoms with E-state index in [4.69, 9.17) is 16.3 Å². The molecule has 5 nitrogen and oxygen atoms in total. The molecule has 2 rings (SSSR count). The third kappa shape index (κ3) is 3.93. The van der Waals surface area contributed by atoms with E-state index in [-0.39, 0.29) is 18.4 Å². The Hall–Kier alpha value is -1.17. The molecular formula is C15H21ClN2O3. The van der Waals surface area contributed by atoms with E-state index in [0.717, 1.165) is 5.69 Å². The molecule has 0 aliphatic carbocycles.